The molecule has 0 radical (unpaired) electrons. The van der Waals surface area contributed by atoms with Crippen molar-refractivity contribution in [1.29, 1.82) is 0 Å². The van der Waals surface area contributed by atoms with Gasteiger partial charge in [-0.3, -0.25) is 0 Å². The van der Waals surface area contributed by atoms with E-state index in [1.807, 2.05) is 11.3 Å². The van der Waals surface area contributed by atoms with Gasteiger partial charge in [0.2, 0.25) is 0 Å². The number of thiophene rings is 1. The van der Waals surface area contributed by atoms with Gasteiger partial charge in [-0.05, 0) is 50.6 Å². The maximum atomic E-state index is 3.94. The quantitative estimate of drug-likeness (QED) is 0.901. The molecule has 0 aliphatic carbocycles. The Morgan fingerprint density at radius 1 is 1.37 bits per heavy atom. The van der Waals surface area contributed by atoms with E-state index in [0.717, 1.165) is 18.1 Å². The van der Waals surface area contributed by atoms with Crippen molar-refractivity contribution < 1.29 is 0 Å². The molecule has 2 aliphatic heterocycles. The highest BCUT2D eigenvalue weighted by Crippen LogP contribution is 2.34. The summed E-state index contributed by atoms with van der Waals surface area (Å²) in [7, 11) is 2.33. The van der Waals surface area contributed by atoms with Crippen LogP contribution in [0.3, 0.4) is 0 Å². The Morgan fingerprint density at radius 2 is 2.11 bits per heavy atom. The summed E-state index contributed by atoms with van der Waals surface area (Å²) in [6.45, 7) is 2.30. The van der Waals surface area contributed by atoms with Crippen molar-refractivity contribution in [2.75, 3.05) is 7.05 Å². The molecule has 3 atom stereocenters. The van der Waals surface area contributed by atoms with Crippen LogP contribution in [0.4, 0.5) is 0 Å². The van der Waals surface area contributed by atoms with Gasteiger partial charge in [0, 0.05) is 29.0 Å². The summed E-state index contributed by atoms with van der Waals surface area (Å²) in [5, 5.41) is 6.14. The number of hydrogen-bond acceptors (Lipinski definition) is 3. The Labute approximate surface area is 121 Å². The van der Waals surface area contributed by atoms with Gasteiger partial charge in [-0.15, -0.1) is 11.3 Å². The summed E-state index contributed by atoms with van der Waals surface area (Å²) in [6.07, 6.45) is 8.13. The summed E-state index contributed by atoms with van der Waals surface area (Å²) in [5.74, 6) is 0. The molecule has 2 saturated heterocycles. The summed E-state index contributed by atoms with van der Waals surface area (Å²) >= 11 is 1.89. The van der Waals surface area contributed by atoms with Crippen LogP contribution in [-0.2, 0) is 0 Å². The Balaban J connectivity index is 1.64. The first-order chi connectivity index (χ1) is 9.28. The van der Waals surface area contributed by atoms with Crippen LogP contribution in [0.25, 0.3) is 0 Å². The van der Waals surface area contributed by atoms with Crippen molar-refractivity contribution in [2.24, 2.45) is 0 Å². The van der Waals surface area contributed by atoms with Crippen molar-refractivity contribution in [3.05, 3.63) is 22.4 Å². The molecule has 3 unspecified atom stereocenters. The average Bonchev–Trinajstić information content (AvgIpc) is 2.90. The monoisotopic (exact) mass is 278 g/mol. The normalized spacial score (nSPS) is 33.3. The number of hydrogen-bond donors (Lipinski definition) is 1. The Kier molecular flexibility index (Phi) is 4.25. The predicted octanol–water partition coefficient (Wildman–Crippen LogP) is 3.80. The second-order valence-electron chi connectivity index (χ2n) is 6.22. The lowest BCUT2D eigenvalue weighted by molar-refractivity contribution is 0.0457. The molecule has 2 aliphatic rings. The number of piperidine rings is 2. The molecule has 3 heterocycles. The fourth-order valence-electron chi connectivity index (χ4n) is 3.93. The highest BCUT2D eigenvalue weighted by atomic mass is 32.1. The summed E-state index contributed by atoms with van der Waals surface area (Å²) in [4.78, 5) is 4.15. The molecule has 0 amide bonds. The Hall–Kier alpha value is -0.380. The van der Waals surface area contributed by atoms with Crippen LogP contribution < -0.4 is 5.32 Å². The van der Waals surface area contributed by atoms with E-state index in [9.17, 15) is 0 Å². The van der Waals surface area contributed by atoms with E-state index in [-0.39, 0.29) is 0 Å². The van der Waals surface area contributed by atoms with Gasteiger partial charge in [0.05, 0.1) is 0 Å². The maximum Gasteiger partial charge on any atom is 0.0414 e. The molecule has 19 heavy (non-hydrogen) atoms. The third kappa shape index (κ3) is 2.88. The molecule has 0 aromatic carbocycles. The minimum Gasteiger partial charge on any atom is -0.306 e. The highest BCUT2D eigenvalue weighted by molar-refractivity contribution is 7.10. The second-order valence-corrected chi connectivity index (χ2v) is 7.19. The van der Waals surface area contributed by atoms with Crippen molar-refractivity contribution >= 4 is 11.3 Å². The van der Waals surface area contributed by atoms with E-state index in [4.69, 9.17) is 0 Å². The first kappa shape index (κ1) is 13.6. The number of nitrogens with zero attached hydrogens (tertiary/aromatic N) is 1. The van der Waals surface area contributed by atoms with Gasteiger partial charge in [0.15, 0.2) is 0 Å². The van der Waals surface area contributed by atoms with Crippen LogP contribution in [-0.4, -0.2) is 30.1 Å². The molecule has 3 rings (SSSR count). The molecule has 0 saturated carbocycles. The summed E-state index contributed by atoms with van der Waals surface area (Å²) in [6, 6.07) is 7.39. The molecule has 1 aromatic rings. The third-order valence-corrected chi connectivity index (χ3v) is 6.06. The van der Waals surface area contributed by atoms with Crippen LogP contribution in [0.1, 0.15) is 56.4 Å². The topological polar surface area (TPSA) is 15.3 Å². The maximum absolute atomic E-state index is 3.94. The van der Waals surface area contributed by atoms with Gasteiger partial charge in [0.1, 0.15) is 0 Å². The number of nitrogens with one attached hydrogen (secondary N) is 1. The fourth-order valence-corrected chi connectivity index (χ4v) is 4.80. The predicted molar refractivity (Wildman–Crippen MR) is 82.7 cm³/mol. The van der Waals surface area contributed by atoms with Gasteiger partial charge in [-0.25, -0.2) is 0 Å². The molecular weight excluding hydrogens is 252 g/mol. The lowest BCUT2D eigenvalue weighted by atomic mass is 9.82. The fraction of sp³-hybridized carbons (Fsp3) is 0.750. The molecule has 2 bridgehead atoms. The molecule has 0 spiro atoms. The van der Waals surface area contributed by atoms with Crippen molar-refractivity contribution in [1.82, 2.24) is 10.2 Å². The largest absolute Gasteiger partial charge is 0.306 e. The van der Waals surface area contributed by atoms with E-state index in [1.165, 1.54) is 43.4 Å². The van der Waals surface area contributed by atoms with Crippen LogP contribution in [0.2, 0.25) is 0 Å². The van der Waals surface area contributed by atoms with Crippen molar-refractivity contribution in [3.8, 4) is 0 Å². The first-order valence-corrected chi connectivity index (χ1v) is 8.67. The molecule has 106 valence electrons. The van der Waals surface area contributed by atoms with E-state index in [1.54, 1.807) is 0 Å². The minimum absolute atomic E-state index is 0.564. The molecule has 3 heteroatoms. The Morgan fingerprint density at radius 3 is 2.68 bits per heavy atom. The molecular formula is C16H26N2S. The molecule has 1 N–H and O–H groups in total. The van der Waals surface area contributed by atoms with Gasteiger partial charge in [-0.2, -0.15) is 0 Å². The van der Waals surface area contributed by atoms with Gasteiger partial charge >= 0.3 is 0 Å². The lowest BCUT2D eigenvalue weighted by Crippen LogP contribution is -2.54. The van der Waals surface area contributed by atoms with E-state index < -0.39 is 0 Å². The zero-order valence-electron chi connectivity index (χ0n) is 12.1. The minimum atomic E-state index is 0.564. The smallest absolute Gasteiger partial charge is 0.0414 e. The SMILES string of the molecule is CCC(NC1CC2CCCC(C1)N2C)c1cccs1. The lowest BCUT2D eigenvalue weighted by Gasteiger charge is -2.47. The molecule has 2 nitrogen and oxygen atoms in total. The average molecular weight is 278 g/mol. The van der Waals surface area contributed by atoms with E-state index in [0.29, 0.717) is 6.04 Å². The van der Waals surface area contributed by atoms with Gasteiger partial charge in [0.25, 0.3) is 0 Å². The first-order valence-electron chi connectivity index (χ1n) is 7.79. The summed E-state index contributed by atoms with van der Waals surface area (Å²) in [5.41, 5.74) is 0. The highest BCUT2D eigenvalue weighted by Gasteiger charge is 2.36. The Bertz CT molecular complexity index is 375. The van der Waals surface area contributed by atoms with E-state index in [2.05, 4.69) is 41.7 Å². The van der Waals surface area contributed by atoms with Crippen LogP contribution in [0, 0.1) is 0 Å². The number of rotatable bonds is 4. The standard InChI is InChI=1S/C16H26N2S/c1-3-15(16-8-5-9-19-16)17-12-10-13-6-4-7-14(11-12)18(13)2/h5,8-9,12-15,17H,3-4,6-7,10-11H2,1-2H3. The molecule has 1 aromatic heterocycles. The molecule has 2 fully saturated rings. The summed E-state index contributed by atoms with van der Waals surface area (Å²) < 4.78 is 0. The second kappa shape index (κ2) is 5.94. The van der Waals surface area contributed by atoms with Crippen LogP contribution >= 0.6 is 11.3 Å². The van der Waals surface area contributed by atoms with Crippen LogP contribution in [0.15, 0.2) is 17.5 Å². The van der Waals surface area contributed by atoms with Crippen LogP contribution in [0.5, 0.6) is 0 Å². The van der Waals surface area contributed by atoms with E-state index >= 15 is 0 Å². The third-order valence-electron chi connectivity index (χ3n) is 5.07. The zero-order valence-corrected chi connectivity index (χ0v) is 13.0. The van der Waals surface area contributed by atoms with Crippen molar-refractivity contribution in [2.45, 2.75) is 69.6 Å². The van der Waals surface area contributed by atoms with Crippen molar-refractivity contribution in [3.63, 3.8) is 0 Å². The zero-order chi connectivity index (χ0) is 13.2. The number of fused-ring (bicyclic) bond motifs is 2. The van der Waals surface area contributed by atoms with Gasteiger partial charge in [-0.1, -0.05) is 19.4 Å². The van der Waals surface area contributed by atoms with Gasteiger partial charge < -0.3 is 10.2 Å².